The molecule has 0 radical (unpaired) electrons. The molecule has 3 aliphatic heterocycles. The summed E-state index contributed by atoms with van der Waals surface area (Å²) in [4.78, 5) is 19.0. The summed E-state index contributed by atoms with van der Waals surface area (Å²) in [6.45, 7) is 37.1. The van der Waals surface area contributed by atoms with Gasteiger partial charge in [0.05, 0.1) is 12.1 Å². The molecule has 2 atom stereocenters. The molecule has 54 heavy (non-hydrogen) atoms. The van der Waals surface area contributed by atoms with Crippen molar-refractivity contribution >= 4 is 0 Å². The zero-order valence-corrected chi connectivity index (χ0v) is 40.3. The predicted octanol–water partition coefficient (Wildman–Crippen LogP) is 6.68. The molecule has 3 fully saturated rings. The van der Waals surface area contributed by atoms with Gasteiger partial charge in [-0.2, -0.15) is 0 Å². The molecule has 0 saturated carbocycles. The van der Waals surface area contributed by atoms with E-state index < -0.39 is 0 Å². The maximum Gasteiger partial charge on any atom is 0.0763 e. The van der Waals surface area contributed by atoms with Crippen LogP contribution < -0.4 is 0 Å². The lowest BCUT2D eigenvalue weighted by Crippen LogP contribution is -2.47. The molecule has 0 aliphatic carbocycles. The maximum absolute atomic E-state index is 3.23. The molecule has 8 heteroatoms. The van der Waals surface area contributed by atoms with E-state index in [9.17, 15) is 0 Å². The van der Waals surface area contributed by atoms with Crippen LogP contribution in [0.15, 0.2) is 0 Å². The Labute approximate surface area is 340 Å². The SMILES string of the molecule is CC(C)C#CC(C)(C)N(C)C.CC(C)C#CCN(C)C.CC(C)N(C)C[C@@H]1CCCN1C.CC(C)N(C)C[C@H]1CCCN1C.CC(C)N1CCN(C)CC1. The van der Waals surface area contributed by atoms with Crippen LogP contribution in [0.1, 0.15) is 109 Å². The molecule has 0 aromatic carbocycles. The van der Waals surface area contributed by atoms with Gasteiger partial charge in [-0.1, -0.05) is 51.4 Å². The number of piperazine rings is 1. The zero-order valence-electron chi connectivity index (χ0n) is 40.3. The summed E-state index contributed by atoms with van der Waals surface area (Å²) in [7, 11) is 19.3. The highest BCUT2D eigenvalue weighted by atomic mass is 15.3. The van der Waals surface area contributed by atoms with Crippen LogP contribution in [0.25, 0.3) is 0 Å². The lowest BCUT2D eigenvalue weighted by Gasteiger charge is -2.34. The van der Waals surface area contributed by atoms with Crippen molar-refractivity contribution in [1.29, 1.82) is 0 Å². The highest BCUT2D eigenvalue weighted by Crippen LogP contribution is 2.17. The van der Waals surface area contributed by atoms with E-state index in [4.69, 9.17) is 0 Å². The van der Waals surface area contributed by atoms with Gasteiger partial charge in [0.25, 0.3) is 0 Å². The molecular formula is C46H96N8. The fourth-order valence-corrected chi connectivity index (χ4v) is 5.69. The average molecular weight is 761 g/mol. The van der Waals surface area contributed by atoms with Crippen molar-refractivity contribution in [3.63, 3.8) is 0 Å². The van der Waals surface area contributed by atoms with Gasteiger partial charge in [-0.05, 0) is 158 Å². The first-order chi connectivity index (χ1) is 24.9. The molecular weight excluding hydrogens is 665 g/mol. The molecule has 3 heterocycles. The quantitative estimate of drug-likeness (QED) is 0.241. The van der Waals surface area contributed by atoms with Gasteiger partial charge in [0, 0.05) is 81.3 Å². The monoisotopic (exact) mass is 761 g/mol. The highest BCUT2D eigenvalue weighted by molar-refractivity contribution is 5.15. The summed E-state index contributed by atoms with van der Waals surface area (Å²) in [6, 6.07) is 3.70. The second kappa shape index (κ2) is 30.0. The first-order valence-corrected chi connectivity index (χ1v) is 21.5. The largest absolute Gasteiger partial charge is 0.304 e. The number of hydrogen-bond donors (Lipinski definition) is 0. The lowest BCUT2D eigenvalue weighted by atomic mass is 10.0. The van der Waals surface area contributed by atoms with Crippen molar-refractivity contribution in [1.82, 2.24) is 39.2 Å². The van der Waals surface area contributed by atoms with E-state index in [-0.39, 0.29) is 5.54 Å². The van der Waals surface area contributed by atoms with Gasteiger partial charge in [0.1, 0.15) is 0 Å². The highest BCUT2D eigenvalue weighted by Gasteiger charge is 2.23. The number of nitrogens with zero attached hydrogens (tertiary/aromatic N) is 8. The van der Waals surface area contributed by atoms with Gasteiger partial charge in [-0.3, -0.25) is 14.7 Å². The molecule has 0 amide bonds. The van der Waals surface area contributed by atoms with Gasteiger partial charge >= 0.3 is 0 Å². The Balaban J connectivity index is 0. The molecule has 320 valence electrons. The molecule has 0 bridgehead atoms. The Kier molecular flexibility index (Phi) is 30.5. The minimum atomic E-state index is 0.00424. The van der Waals surface area contributed by atoms with E-state index in [1.54, 1.807) is 0 Å². The first kappa shape index (κ1) is 54.9. The summed E-state index contributed by atoms with van der Waals surface area (Å²) >= 11 is 0. The van der Waals surface area contributed by atoms with Crippen molar-refractivity contribution in [2.24, 2.45) is 11.8 Å². The van der Waals surface area contributed by atoms with E-state index in [0.717, 1.165) is 24.7 Å². The Morgan fingerprint density at radius 2 is 1.00 bits per heavy atom. The third kappa shape index (κ3) is 28.2. The van der Waals surface area contributed by atoms with Crippen molar-refractivity contribution < 1.29 is 0 Å². The van der Waals surface area contributed by atoms with Crippen LogP contribution in [0.3, 0.4) is 0 Å². The molecule has 0 unspecified atom stereocenters. The zero-order chi connectivity index (χ0) is 42.2. The molecule has 0 aromatic heterocycles. The summed E-state index contributed by atoms with van der Waals surface area (Å²) in [5.74, 6) is 13.5. The summed E-state index contributed by atoms with van der Waals surface area (Å²) in [5.41, 5.74) is 0.00424. The molecule has 0 spiro atoms. The number of hydrogen-bond acceptors (Lipinski definition) is 8. The summed E-state index contributed by atoms with van der Waals surface area (Å²) in [5, 5.41) is 0. The van der Waals surface area contributed by atoms with Crippen LogP contribution in [-0.4, -0.2) is 197 Å². The van der Waals surface area contributed by atoms with Gasteiger partial charge in [-0.25, -0.2) is 0 Å². The third-order valence-electron chi connectivity index (χ3n) is 10.9. The van der Waals surface area contributed by atoms with E-state index in [2.05, 4.69) is 195 Å². The fourth-order valence-electron chi connectivity index (χ4n) is 5.69. The van der Waals surface area contributed by atoms with Crippen LogP contribution in [0.5, 0.6) is 0 Å². The van der Waals surface area contributed by atoms with Crippen molar-refractivity contribution in [3.05, 3.63) is 0 Å². The summed E-state index contributed by atoms with van der Waals surface area (Å²) in [6.07, 6.45) is 5.53. The average Bonchev–Trinajstić information content (AvgIpc) is 3.67. The first-order valence-electron chi connectivity index (χ1n) is 21.5. The van der Waals surface area contributed by atoms with E-state index in [1.807, 2.05) is 14.1 Å². The topological polar surface area (TPSA) is 25.9 Å². The minimum Gasteiger partial charge on any atom is -0.304 e. The fraction of sp³-hybridized carbons (Fsp3) is 0.913. The molecule has 0 N–H and O–H groups in total. The second-order valence-corrected chi connectivity index (χ2v) is 18.6. The van der Waals surface area contributed by atoms with Crippen LogP contribution in [0.4, 0.5) is 0 Å². The third-order valence-corrected chi connectivity index (χ3v) is 10.9. The van der Waals surface area contributed by atoms with Gasteiger partial charge in [-0.15, -0.1) is 0 Å². The number of likely N-dealkylation sites (tertiary alicyclic amines) is 2. The molecule has 0 aromatic rings. The molecule has 3 rings (SSSR count). The normalized spacial score (nSPS) is 20.0. The molecule has 3 saturated heterocycles. The van der Waals surface area contributed by atoms with E-state index >= 15 is 0 Å². The van der Waals surface area contributed by atoms with Crippen molar-refractivity contribution in [3.8, 4) is 23.7 Å². The van der Waals surface area contributed by atoms with Gasteiger partial charge in [0.15, 0.2) is 0 Å². The Hall–Kier alpha value is -1.20. The lowest BCUT2D eigenvalue weighted by molar-refractivity contribution is 0.126. The van der Waals surface area contributed by atoms with Crippen molar-refractivity contribution in [2.45, 2.75) is 145 Å². The van der Waals surface area contributed by atoms with Crippen LogP contribution in [0, 0.1) is 35.5 Å². The Morgan fingerprint density at radius 1 is 0.593 bits per heavy atom. The van der Waals surface area contributed by atoms with E-state index in [1.165, 1.54) is 78.0 Å². The predicted molar refractivity (Wildman–Crippen MR) is 243 cm³/mol. The maximum atomic E-state index is 3.23. The van der Waals surface area contributed by atoms with Crippen molar-refractivity contribution in [2.75, 3.05) is 122 Å². The van der Waals surface area contributed by atoms with Crippen LogP contribution in [-0.2, 0) is 0 Å². The smallest absolute Gasteiger partial charge is 0.0763 e. The standard InChI is InChI=1S/2C10H22N2.C10H19N.C8H18N2.C8H15N/c2*1-9(2)12(4)8-10-6-5-7-11(10)3;1-9(2)7-8-10(3,4)11(5)6;1-8(2)10-6-4-9(3)5-7-10;1-8(2)6-5-7-9(3)4/h2*9-10H,5-8H2,1-4H3;9H,1-6H3;8H,4-7H2,1-3H3;8H,7H2,1-4H3/t2*10-;;;/m10.../s1. The Morgan fingerprint density at radius 3 is 1.28 bits per heavy atom. The Bertz CT molecular complexity index is 989. The second-order valence-electron chi connectivity index (χ2n) is 18.6. The number of rotatable bonds is 9. The minimum absolute atomic E-state index is 0.00424. The summed E-state index contributed by atoms with van der Waals surface area (Å²) < 4.78 is 0. The number of likely N-dealkylation sites (N-methyl/N-ethyl adjacent to an activating group) is 5. The van der Waals surface area contributed by atoms with Crippen LogP contribution in [0.2, 0.25) is 0 Å². The molecule has 3 aliphatic rings. The van der Waals surface area contributed by atoms with Gasteiger partial charge in [0.2, 0.25) is 0 Å². The molecule has 8 nitrogen and oxygen atoms in total. The van der Waals surface area contributed by atoms with Crippen LogP contribution >= 0.6 is 0 Å². The van der Waals surface area contributed by atoms with Gasteiger partial charge < -0.3 is 24.5 Å². The van der Waals surface area contributed by atoms with E-state index in [0.29, 0.717) is 23.9 Å².